The first-order valence-corrected chi connectivity index (χ1v) is 6.60. The number of nitrogens with zero attached hydrogens (tertiary/aromatic N) is 4. The average molecular weight is 255 g/mol. The molecule has 0 saturated heterocycles. The van der Waals surface area contributed by atoms with Gasteiger partial charge in [0.15, 0.2) is 5.82 Å². The molecule has 1 aromatic rings. The van der Waals surface area contributed by atoms with Crippen LogP contribution in [0.4, 0.5) is 0 Å². The Balaban J connectivity index is 2.81. The highest BCUT2D eigenvalue weighted by Crippen LogP contribution is 2.25. The van der Waals surface area contributed by atoms with Crippen molar-refractivity contribution < 1.29 is 4.74 Å². The van der Waals surface area contributed by atoms with Gasteiger partial charge >= 0.3 is 0 Å². The summed E-state index contributed by atoms with van der Waals surface area (Å²) in [6.07, 6.45) is 2.01. The number of rotatable bonds is 8. The number of methoxy groups -OCH3 is 1. The maximum Gasteiger partial charge on any atom is 0.168 e. The first-order chi connectivity index (χ1) is 8.59. The van der Waals surface area contributed by atoms with Crippen LogP contribution in [0.15, 0.2) is 0 Å². The van der Waals surface area contributed by atoms with Gasteiger partial charge < -0.3 is 10.1 Å². The van der Waals surface area contributed by atoms with E-state index in [1.54, 1.807) is 7.11 Å². The fraction of sp³-hybridized carbons (Fsp3) is 0.917. The van der Waals surface area contributed by atoms with E-state index in [0.717, 1.165) is 25.2 Å². The summed E-state index contributed by atoms with van der Waals surface area (Å²) < 4.78 is 6.98. The van der Waals surface area contributed by atoms with E-state index in [2.05, 4.69) is 48.5 Å². The molecule has 6 nitrogen and oxygen atoms in total. The lowest BCUT2D eigenvalue weighted by molar-refractivity contribution is 0.193. The molecule has 1 unspecified atom stereocenters. The summed E-state index contributed by atoms with van der Waals surface area (Å²) in [5.74, 6) is 0.886. The monoisotopic (exact) mass is 255 g/mol. The molecule has 1 aromatic heterocycles. The minimum Gasteiger partial charge on any atom is -0.383 e. The van der Waals surface area contributed by atoms with Gasteiger partial charge in [0, 0.05) is 13.7 Å². The van der Waals surface area contributed by atoms with Crippen LogP contribution in [0, 0.1) is 0 Å². The van der Waals surface area contributed by atoms with Gasteiger partial charge in [-0.25, -0.2) is 4.68 Å². The van der Waals surface area contributed by atoms with Crippen molar-refractivity contribution >= 4 is 0 Å². The molecule has 1 atom stereocenters. The molecule has 1 N–H and O–H groups in total. The molecule has 0 radical (unpaired) electrons. The van der Waals surface area contributed by atoms with Crippen LogP contribution in [-0.2, 0) is 10.3 Å². The third-order valence-electron chi connectivity index (χ3n) is 3.67. The van der Waals surface area contributed by atoms with E-state index < -0.39 is 0 Å². The van der Waals surface area contributed by atoms with Gasteiger partial charge in [-0.05, 0) is 37.1 Å². The predicted octanol–water partition coefficient (Wildman–Crippen LogP) is 1.51. The van der Waals surface area contributed by atoms with Crippen molar-refractivity contribution in [3.05, 3.63) is 5.82 Å². The van der Waals surface area contributed by atoms with Gasteiger partial charge in [-0.3, -0.25) is 0 Å². The Morgan fingerprint density at radius 1 is 1.39 bits per heavy atom. The van der Waals surface area contributed by atoms with Crippen molar-refractivity contribution in [3.8, 4) is 0 Å². The van der Waals surface area contributed by atoms with Crippen molar-refractivity contribution in [3.63, 3.8) is 0 Å². The van der Waals surface area contributed by atoms with E-state index in [0.29, 0.717) is 6.61 Å². The number of hydrogen-bond donors (Lipinski definition) is 1. The molecule has 0 spiro atoms. The minimum atomic E-state index is -0.0178. The van der Waals surface area contributed by atoms with E-state index >= 15 is 0 Å². The van der Waals surface area contributed by atoms with Crippen LogP contribution in [0.3, 0.4) is 0 Å². The largest absolute Gasteiger partial charge is 0.383 e. The SMILES string of the molecule is CCC(C)(CC)n1nnnc1C(C)NCCOC. The normalized spacial score (nSPS) is 13.8. The van der Waals surface area contributed by atoms with E-state index in [9.17, 15) is 0 Å². The Bertz CT molecular complexity index is 348. The van der Waals surface area contributed by atoms with E-state index in [1.165, 1.54) is 0 Å². The van der Waals surface area contributed by atoms with Crippen LogP contribution >= 0.6 is 0 Å². The number of hydrogen-bond acceptors (Lipinski definition) is 5. The van der Waals surface area contributed by atoms with Gasteiger partial charge in [0.25, 0.3) is 0 Å². The van der Waals surface area contributed by atoms with Crippen LogP contribution in [0.5, 0.6) is 0 Å². The Morgan fingerprint density at radius 3 is 2.61 bits per heavy atom. The molecule has 0 aliphatic carbocycles. The molecule has 0 aromatic carbocycles. The second-order valence-corrected chi connectivity index (χ2v) is 4.82. The second kappa shape index (κ2) is 6.80. The summed E-state index contributed by atoms with van der Waals surface area (Å²) >= 11 is 0. The Labute approximate surface area is 109 Å². The number of ether oxygens (including phenoxy) is 1. The third kappa shape index (κ3) is 3.26. The van der Waals surface area contributed by atoms with Crippen LogP contribution in [-0.4, -0.2) is 40.5 Å². The Hall–Kier alpha value is -1.01. The molecule has 0 aliphatic heterocycles. The highest BCUT2D eigenvalue weighted by atomic mass is 16.5. The molecule has 6 heteroatoms. The van der Waals surface area contributed by atoms with Crippen LogP contribution in [0.2, 0.25) is 0 Å². The molecule has 104 valence electrons. The Morgan fingerprint density at radius 2 is 2.06 bits per heavy atom. The second-order valence-electron chi connectivity index (χ2n) is 4.82. The minimum absolute atomic E-state index is 0.0178. The molecule has 18 heavy (non-hydrogen) atoms. The summed E-state index contributed by atoms with van der Waals surface area (Å²) in [5.41, 5.74) is -0.0178. The van der Waals surface area contributed by atoms with Crippen molar-refractivity contribution in [1.82, 2.24) is 25.5 Å². The molecular formula is C12H25N5O. The van der Waals surface area contributed by atoms with Crippen molar-refractivity contribution in [2.24, 2.45) is 0 Å². The van der Waals surface area contributed by atoms with Gasteiger partial charge in [-0.15, -0.1) is 5.10 Å². The molecule has 0 fully saturated rings. The molecule has 0 aliphatic rings. The van der Waals surface area contributed by atoms with Gasteiger partial charge in [0.1, 0.15) is 0 Å². The van der Waals surface area contributed by atoms with Crippen molar-refractivity contribution in [2.75, 3.05) is 20.3 Å². The smallest absolute Gasteiger partial charge is 0.168 e. The quantitative estimate of drug-likeness (QED) is 0.713. The topological polar surface area (TPSA) is 64.9 Å². The zero-order chi connectivity index (χ0) is 13.6. The predicted molar refractivity (Wildman–Crippen MR) is 70.3 cm³/mol. The van der Waals surface area contributed by atoms with Crippen LogP contribution in [0.25, 0.3) is 0 Å². The summed E-state index contributed by atoms with van der Waals surface area (Å²) in [6, 6.07) is 0.118. The van der Waals surface area contributed by atoms with Gasteiger partial charge in [-0.2, -0.15) is 0 Å². The van der Waals surface area contributed by atoms with Crippen molar-refractivity contribution in [2.45, 2.75) is 52.1 Å². The highest BCUT2D eigenvalue weighted by Gasteiger charge is 2.28. The first-order valence-electron chi connectivity index (χ1n) is 6.60. The molecule has 0 amide bonds. The molecule has 1 rings (SSSR count). The van der Waals surface area contributed by atoms with Crippen molar-refractivity contribution in [1.29, 1.82) is 0 Å². The number of tetrazole rings is 1. The lowest BCUT2D eigenvalue weighted by Gasteiger charge is -2.29. The maximum atomic E-state index is 5.03. The fourth-order valence-corrected chi connectivity index (χ4v) is 1.87. The summed E-state index contributed by atoms with van der Waals surface area (Å²) in [5, 5.41) is 15.5. The Kier molecular flexibility index (Phi) is 5.68. The van der Waals surface area contributed by atoms with Crippen LogP contribution in [0.1, 0.15) is 52.4 Å². The fourth-order valence-electron chi connectivity index (χ4n) is 1.87. The summed E-state index contributed by atoms with van der Waals surface area (Å²) in [6.45, 7) is 10.1. The molecule has 1 heterocycles. The molecular weight excluding hydrogens is 230 g/mol. The zero-order valence-corrected chi connectivity index (χ0v) is 12.1. The maximum absolute atomic E-state index is 5.03. The average Bonchev–Trinajstić information content (AvgIpc) is 2.88. The van der Waals surface area contributed by atoms with E-state index in [4.69, 9.17) is 4.74 Å². The van der Waals surface area contributed by atoms with Gasteiger partial charge in [0.05, 0.1) is 18.2 Å². The number of nitrogens with one attached hydrogen (secondary N) is 1. The van der Waals surface area contributed by atoms with Gasteiger partial charge in [0.2, 0.25) is 0 Å². The standard InChI is InChI=1S/C12H25N5O/c1-6-12(4,7-2)17-11(14-15-16-17)10(3)13-8-9-18-5/h10,13H,6-9H2,1-5H3. The first kappa shape index (κ1) is 15.0. The lowest BCUT2D eigenvalue weighted by atomic mass is 9.95. The third-order valence-corrected chi connectivity index (χ3v) is 3.67. The zero-order valence-electron chi connectivity index (χ0n) is 12.1. The molecule has 0 bridgehead atoms. The molecule has 0 saturated carbocycles. The summed E-state index contributed by atoms with van der Waals surface area (Å²) in [7, 11) is 1.70. The van der Waals surface area contributed by atoms with E-state index in [-0.39, 0.29) is 11.6 Å². The van der Waals surface area contributed by atoms with E-state index in [1.807, 2.05) is 4.68 Å². The van der Waals surface area contributed by atoms with Crippen LogP contribution < -0.4 is 5.32 Å². The highest BCUT2D eigenvalue weighted by molar-refractivity contribution is 4.95. The lowest BCUT2D eigenvalue weighted by Crippen LogP contribution is -2.34. The van der Waals surface area contributed by atoms with Gasteiger partial charge in [-0.1, -0.05) is 13.8 Å². The number of aromatic nitrogens is 4. The summed E-state index contributed by atoms with van der Waals surface area (Å²) in [4.78, 5) is 0.